The van der Waals surface area contributed by atoms with Gasteiger partial charge in [-0.25, -0.2) is 0 Å². The Morgan fingerprint density at radius 1 is 0.476 bits per heavy atom. The molecule has 0 saturated carbocycles. The third kappa shape index (κ3) is 26.5. The molecular weight excluding hydrogens is 508 g/mol. The van der Waals surface area contributed by atoms with Gasteiger partial charge in [0.25, 0.3) is 0 Å². The summed E-state index contributed by atoms with van der Waals surface area (Å²) in [4.78, 5) is 0. The van der Waals surface area contributed by atoms with Crippen LogP contribution in [0, 0.1) is 41.4 Å². The molecule has 0 saturated heterocycles. The highest BCUT2D eigenvalue weighted by Crippen LogP contribution is 2.22. The van der Waals surface area contributed by atoms with Crippen molar-refractivity contribution in [2.75, 3.05) is 7.11 Å². The molecule has 1 nitrogen and oxygen atoms in total. The van der Waals surface area contributed by atoms with Crippen molar-refractivity contribution in [3.63, 3.8) is 0 Å². The van der Waals surface area contributed by atoms with Gasteiger partial charge in [-0.15, -0.1) is 0 Å². The van der Waals surface area contributed by atoms with Gasteiger partial charge in [-0.2, -0.15) is 0 Å². The van der Waals surface area contributed by atoms with Crippen molar-refractivity contribution in [3.05, 3.63) is 48.6 Å². The molecule has 6 atom stereocenters. The van der Waals surface area contributed by atoms with E-state index in [1.54, 1.807) is 7.11 Å². The van der Waals surface area contributed by atoms with Crippen molar-refractivity contribution in [1.29, 1.82) is 0 Å². The average Bonchev–Trinajstić information content (AvgIpc) is 2.91. The van der Waals surface area contributed by atoms with Crippen LogP contribution in [0.2, 0.25) is 0 Å². The molecule has 0 aliphatic heterocycles. The van der Waals surface area contributed by atoms with Crippen LogP contribution in [0.1, 0.15) is 159 Å². The van der Waals surface area contributed by atoms with Gasteiger partial charge in [-0.05, 0) is 93.8 Å². The van der Waals surface area contributed by atoms with Crippen molar-refractivity contribution < 1.29 is 4.74 Å². The van der Waals surface area contributed by atoms with Gasteiger partial charge in [0.15, 0.2) is 0 Å². The Morgan fingerprint density at radius 3 is 1.40 bits per heavy atom. The van der Waals surface area contributed by atoms with E-state index in [-0.39, 0.29) is 5.60 Å². The van der Waals surface area contributed by atoms with E-state index in [4.69, 9.17) is 4.74 Å². The Morgan fingerprint density at radius 2 is 0.905 bits per heavy atom. The van der Waals surface area contributed by atoms with E-state index in [9.17, 15) is 0 Å². The second-order valence-corrected chi connectivity index (χ2v) is 15.2. The van der Waals surface area contributed by atoms with Crippen molar-refractivity contribution in [2.24, 2.45) is 41.4 Å². The fourth-order valence-electron chi connectivity index (χ4n) is 5.50. The van der Waals surface area contributed by atoms with E-state index < -0.39 is 0 Å². The van der Waals surface area contributed by atoms with E-state index in [2.05, 4.69) is 118 Å². The number of unbranched alkanes of at least 4 members (excludes halogenated alkanes) is 1. The molecule has 0 aliphatic rings. The SMILES string of the molecule is COC(C)(C)C/C=C\[C@H](C)C/C=C\[C@H](C)C/C=C/[C@@H](C)CCCC[C@@H](C)/C=C/C[C@@H](C)CCC[C@H](C)CCCC(C)C. The first-order valence-electron chi connectivity index (χ1n) is 18.1. The maximum absolute atomic E-state index is 5.49. The van der Waals surface area contributed by atoms with E-state index in [0.717, 1.165) is 37.0 Å². The quantitative estimate of drug-likeness (QED) is 0.0725. The molecule has 0 spiro atoms. The first-order chi connectivity index (χ1) is 19.8. The predicted molar refractivity (Wildman–Crippen MR) is 192 cm³/mol. The maximum Gasteiger partial charge on any atom is 0.0657 e. The largest absolute Gasteiger partial charge is 0.378 e. The standard InChI is InChI=1S/C41H76O/c1-34(2)20-14-23-37(5)26-17-29-38(6)27-15-24-35(3)21-12-13-22-36(4)25-16-28-39(7)30-18-31-40(8)32-19-33-41(9,10)42-11/h15-16,18-19,24-25,30,32,34-40H,12-14,17,20-23,26-29,31,33H2,1-11H3/b24-15+,25-16+,30-18-,32-19-/t35-,36+,37-,38-,39-,40-/m1/s1. The molecule has 0 aromatic carbocycles. The number of methoxy groups -OCH3 is 1. The van der Waals surface area contributed by atoms with Crippen LogP contribution < -0.4 is 0 Å². The minimum atomic E-state index is -0.0662. The Bertz CT molecular complexity index is 723. The predicted octanol–water partition coefficient (Wildman–Crippen LogP) is 13.6. The molecule has 42 heavy (non-hydrogen) atoms. The number of ether oxygens (including phenoxy) is 1. The van der Waals surface area contributed by atoms with Gasteiger partial charge >= 0.3 is 0 Å². The molecule has 0 unspecified atom stereocenters. The van der Waals surface area contributed by atoms with Crippen molar-refractivity contribution in [2.45, 2.75) is 165 Å². The van der Waals surface area contributed by atoms with Gasteiger partial charge in [-0.3, -0.25) is 0 Å². The molecule has 0 bridgehead atoms. The first kappa shape index (κ1) is 40.9. The van der Waals surface area contributed by atoms with Gasteiger partial charge < -0.3 is 4.74 Å². The molecule has 0 radical (unpaired) electrons. The second-order valence-electron chi connectivity index (χ2n) is 15.2. The molecule has 0 aromatic rings. The van der Waals surface area contributed by atoms with Crippen molar-refractivity contribution in [3.8, 4) is 0 Å². The summed E-state index contributed by atoms with van der Waals surface area (Å²) < 4.78 is 5.49. The Balaban J connectivity index is 3.95. The summed E-state index contributed by atoms with van der Waals surface area (Å²) in [5.74, 6) is 5.17. The van der Waals surface area contributed by atoms with Crippen LogP contribution in [0.3, 0.4) is 0 Å². The normalized spacial score (nSPS) is 17.6. The van der Waals surface area contributed by atoms with Crippen LogP contribution in [-0.4, -0.2) is 12.7 Å². The van der Waals surface area contributed by atoms with Gasteiger partial charge in [-0.1, -0.05) is 155 Å². The fourth-order valence-corrected chi connectivity index (χ4v) is 5.50. The smallest absolute Gasteiger partial charge is 0.0657 e. The Hall–Kier alpha value is -1.08. The zero-order chi connectivity index (χ0) is 31.8. The second kappa shape index (κ2) is 25.3. The molecule has 0 N–H and O–H groups in total. The van der Waals surface area contributed by atoms with Gasteiger partial charge in [0.2, 0.25) is 0 Å². The zero-order valence-electron chi connectivity index (χ0n) is 30.5. The highest BCUT2D eigenvalue weighted by Gasteiger charge is 2.13. The van der Waals surface area contributed by atoms with E-state index in [1.165, 1.54) is 70.6 Å². The van der Waals surface area contributed by atoms with Crippen molar-refractivity contribution >= 4 is 0 Å². The van der Waals surface area contributed by atoms with Gasteiger partial charge in [0, 0.05) is 7.11 Å². The zero-order valence-corrected chi connectivity index (χ0v) is 30.5. The maximum atomic E-state index is 5.49. The minimum Gasteiger partial charge on any atom is -0.378 e. The number of rotatable bonds is 26. The third-order valence-corrected chi connectivity index (χ3v) is 9.02. The summed E-state index contributed by atoms with van der Waals surface area (Å²) in [6.07, 6.45) is 37.4. The molecule has 246 valence electrons. The van der Waals surface area contributed by atoms with Crippen LogP contribution in [-0.2, 0) is 4.74 Å². The van der Waals surface area contributed by atoms with E-state index in [1.807, 2.05) is 0 Å². The first-order valence-corrected chi connectivity index (χ1v) is 18.1. The summed E-state index contributed by atoms with van der Waals surface area (Å²) in [6.45, 7) is 23.3. The summed E-state index contributed by atoms with van der Waals surface area (Å²) >= 11 is 0. The molecule has 0 aromatic heterocycles. The van der Waals surface area contributed by atoms with Gasteiger partial charge in [0.05, 0.1) is 5.60 Å². The lowest BCUT2D eigenvalue weighted by atomic mass is 9.92. The molecular formula is C41H76O. The molecule has 0 rings (SSSR count). The van der Waals surface area contributed by atoms with Crippen LogP contribution in [0.25, 0.3) is 0 Å². The third-order valence-electron chi connectivity index (χ3n) is 9.02. The molecule has 0 amide bonds. The molecule has 0 heterocycles. The minimum absolute atomic E-state index is 0.0662. The van der Waals surface area contributed by atoms with Gasteiger partial charge in [0.1, 0.15) is 0 Å². The molecule has 1 heteroatoms. The lowest BCUT2D eigenvalue weighted by molar-refractivity contribution is 0.0254. The Labute approximate surface area is 266 Å². The number of hydrogen-bond donors (Lipinski definition) is 0. The van der Waals surface area contributed by atoms with Crippen LogP contribution >= 0.6 is 0 Å². The summed E-state index contributed by atoms with van der Waals surface area (Å²) in [5.41, 5.74) is -0.0662. The summed E-state index contributed by atoms with van der Waals surface area (Å²) in [7, 11) is 1.79. The number of hydrogen-bond acceptors (Lipinski definition) is 1. The van der Waals surface area contributed by atoms with E-state index >= 15 is 0 Å². The van der Waals surface area contributed by atoms with Crippen LogP contribution in [0.5, 0.6) is 0 Å². The molecule has 0 aliphatic carbocycles. The molecule has 0 fully saturated rings. The van der Waals surface area contributed by atoms with Crippen molar-refractivity contribution in [1.82, 2.24) is 0 Å². The Kier molecular flexibility index (Phi) is 24.6. The van der Waals surface area contributed by atoms with Crippen LogP contribution in [0.4, 0.5) is 0 Å². The fraction of sp³-hybridized carbons (Fsp3) is 0.805. The number of allylic oxidation sites excluding steroid dienone is 7. The lowest BCUT2D eigenvalue weighted by Gasteiger charge is -2.20. The summed E-state index contributed by atoms with van der Waals surface area (Å²) in [6, 6.07) is 0. The topological polar surface area (TPSA) is 9.23 Å². The van der Waals surface area contributed by atoms with E-state index in [0.29, 0.717) is 23.7 Å². The summed E-state index contributed by atoms with van der Waals surface area (Å²) in [5, 5.41) is 0. The monoisotopic (exact) mass is 585 g/mol. The van der Waals surface area contributed by atoms with Crippen LogP contribution in [0.15, 0.2) is 48.6 Å². The highest BCUT2D eigenvalue weighted by molar-refractivity contribution is 4.98. The highest BCUT2D eigenvalue weighted by atomic mass is 16.5. The lowest BCUT2D eigenvalue weighted by Crippen LogP contribution is -2.20. The average molecular weight is 585 g/mol.